The molecule has 4 N–H and O–H groups in total. The van der Waals surface area contributed by atoms with Crippen LogP contribution in [0.4, 0.5) is 0 Å². The van der Waals surface area contributed by atoms with Crippen LogP contribution < -0.4 is 10.5 Å². The van der Waals surface area contributed by atoms with Crippen LogP contribution in [0.15, 0.2) is 6.07 Å². The SMILES string of the molecule is COc1c(C2CCCN2C(C)C)cc(O)c2c1CC1CC3C(N(C)C)C(=O)C(C(N)=O)C(=O)C3(O)C(=O)C1C2=O. The van der Waals surface area contributed by atoms with E-state index in [9.17, 15) is 34.2 Å². The number of phenols is 1. The largest absolute Gasteiger partial charge is 0.507 e. The number of hydrogen-bond acceptors (Lipinski definition) is 10. The number of aliphatic hydroxyl groups is 1. The number of ether oxygens (including phenoxy) is 1. The van der Waals surface area contributed by atoms with Crippen molar-refractivity contribution in [2.45, 2.75) is 63.3 Å². The Labute approximate surface area is 232 Å². The number of likely N-dealkylation sites (tertiary alicyclic amines) is 1. The molecule has 7 unspecified atom stereocenters. The zero-order valence-corrected chi connectivity index (χ0v) is 23.5. The third-order valence-corrected chi connectivity index (χ3v) is 9.56. The number of aromatic hydroxyl groups is 1. The van der Waals surface area contributed by atoms with Gasteiger partial charge in [0, 0.05) is 29.1 Å². The molecule has 3 aliphatic carbocycles. The Morgan fingerprint density at radius 3 is 2.45 bits per heavy atom. The monoisotopic (exact) mass is 555 g/mol. The van der Waals surface area contributed by atoms with Crippen LogP contribution in [0.5, 0.6) is 11.5 Å². The minimum absolute atomic E-state index is 0.000410. The fourth-order valence-electron chi connectivity index (χ4n) is 7.91. The molecule has 1 amide bonds. The minimum atomic E-state index is -2.74. The number of rotatable bonds is 5. The van der Waals surface area contributed by atoms with Crippen molar-refractivity contribution in [2.75, 3.05) is 27.7 Å². The molecule has 7 atom stereocenters. The third kappa shape index (κ3) is 3.77. The van der Waals surface area contributed by atoms with E-state index in [0.717, 1.165) is 24.9 Å². The second-order valence-corrected chi connectivity index (χ2v) is 12.2. The van der Waals surface area contributed by atoms with Gasteiger partial charge in [0.1, 0.15) is 11.5 Å². The standard InChI is InChI=1S/C29H37N3O8/c1-12(2)32-8-6-7-17(32)14-11-18(33)20-15(25(14)40-5)9-13-10-16-22(31(3)4)24(35)21(28(30)38)27(37)29(16,39)26(36)19(13)23(20)34/h11-13,16-17,19,21-22,33,39H,6-10H2,1-5H3,(H2,30,38). The zero-order chi connectivity index (χ0) is 29.4. The van der Waals surface area contributed by atoms with E-state index in [0.29, 0.717) is 11.3 Å². The van der Waals surface area contributed by atoms with Gasteiger partial charge in [-0.1, -0.05) is 0 Å². The molecule has 0 spiro atoms. The Bertz CT molecular complexity index is 1320. The molecule has 11 nitrogen and oxygen atoms in total. The number of amides is 1. The lowest BCUT2D eigenvalue weighted by molar-refractivity contribution is -0.181. The molecule has 0 radical (unpaired) electrons. The van der Waals surface area contributed by atoms with Crippen LogP contribution in [0, 0.1) is 23.7 Å². The van der Waals surface area contributed by atoms with E-state index in [4.69, 9.17) is 10.5 Å². The van der Waals surface area contributed by atoms with Gasteiger partial charge < -0.3 is 20.7 Å². The molecule has 4 aliphatic rings. The van der Waals surface area contributed by atoms with Crippen LogP contribution in [0.3, 0.4) is 0 Å². The summed E-state index contributed by atoms with van der Waals surface area (Å²) in [5.41, 5.74) is 3.83. The number of carbonyl (C=O) groups excluding carboxylic acids is 5. The lowest BCUT2D eigenvalue weighted by Crippen LogP contribution is -2.74. The molecule has 40 heavy (non-hydrogen) atoms. The van der Waals surface area contributed by atoms with Gasteiger partial charge in [-0.15, -0.1) is 0 Å². The summed E-state index contributed by atoms with van der Waals surface area (Å²) in [7, 11) is 4.63. The fraction of sp³-hybridized carbons (Fsp3) is 0.621. The molecule has 11 heteroatoms. The van der Waals surface area contributed by atoms with Crippen molar-refractivity contribution < 1.29 is 38.9 Å². The molecule has 3 fully saturated rings. The van der Waals surface area contributed by atoms with Crippen LogP contribution in [-0.4, -0.2) is 94.5 Å². The van der Waals surface area contributed by atoms with Crippen molar-refractivity contribution in [1.82, 2.24) is 9.80 Å². The highest BCUT2D eigenvalue weighted by Crippen LogP contribution is 2.53. The van der Waals surface area contributed by atoms with Gasteiger partial charge in [0.2, 0.25) is 5.91 Å². The molecule has 1 aliphatic heterocycles. The molecular formula is C29H37N3O8. The topological polar surface area (TPSA) is 168 Å². The first-order valence-electron chi connectivity index (χ1n) is 13.8. The van der Waals surface area contributed by atoms with Crippen LogP contribution in [0.2, 0.25) is 0 Å². The van der Waals surface area contributed by atoms with Gasteiger partial charge in [0.25, 0.3) is 0 Å². The Kier molecular flexibility index (Phi) is 6.91. The zero-order valence-electron chi connectivity index (χ0n) is 23.5. The summed E-state index contributed by atoms with van der Waals surface area (Å²) in [6, 6.07) is 0.626. The van der Waals surface area contributed by atoms with E-state index >= 15 is 0 Å². The number of ketones is 4. The van der Waals surface area contributed by atoms with E-state index in [1.165, 1.54) is 18.1 Å². The summed E-state index contributed by atoms with van der Waals surface area (Å²) in [5, 5.41) is 22.9. The molecule has 1 heterocycles. The van der Waals surface area contributed by atoms with Gasteiger partial charge in [-0.25, -0.2) is 0 Å². The number of likely N-dealkylation sites (N-methyl/N-ethyl adjacent to an activating group) is 1. The average molecular weight is 556 g/mol. The number of Topliss-reactive ketones (excluding diaryl/α,β-unsaturated/α-hetero) is 4. The number of hydrogen-bond donors (Lipinski definition) is 3. The summed E-state index contributed by atoms with van der Waals surface area (Å²) < 4.78 is 5.86. The van der Waals surface area contributed by atoms with E-state index in [2.05, 4.69) is 18.7 Å². The maximum absolute atomic E-state index is 14.0. The summed E-state index contributed by atoms with van der Waals surface area (Å²) in [5.74, 6) is -10.1. The molecule has 1 aromatic rings. The van der Waals surface area contributed by atoms with Crippen LogP contribution in [-0.2, 0) is 25.6 Å². The maximum atomic E-state index is 14.0. The lowest BCUT2D eigenvalue weighted by Gasteiger charge is -2.52. The molecule has 0 bridgehead atoms. The normalized spacial score (nSPS) is 34.2. The Morgan fingerprint density at radius 2 is 1.88 bits per heavy atom. The van der Waals surface area contributed by atoms with Gasteiger partial charge >= 0.3 is 0 Å². The van der Waals surface area contributed by atoms with Crippen molar-refractivity contribution in [1.29, 1.82) is 0 Å². The van der Waals surface area contributed by atoms with Crippen molar-refractivity contribution >= 4 is 29.0 Å². The fourth-order valence-corrected chi connectivity index (χ4v) is 7.91. The van der Waals surface area contributed by atoms with Crippen molar-refractivity contribution in [3.63, 3.8) is 0 Å². The van der Waals surface area contributed by atoms with Crippen molar-refractivity contribution in [3.8, 4) is 11.5 Å². The average Bonchev–Trinajstić information content (AvgIpc) is 3.36. The molecule has 5 rings (SSSR count). The van der Waals surface area contributed by atoms with E-state index in [1.54, 1.807) is 14.1 Å². The number of nitrogens with zero attached hydrogens (tertiary/aromatic N) is 2. The molecule has 0 aromatic heterocycles. The van der Waals surface area contributed by atoms with Crippen molar-refractivity contribution in [2.24, 2.45) is 29.4 Å². The highest BCUT2D eigenvalue weighted by atomic mass is 16.5. The first-order valence-corrected chi connectivity index (χ1v) is 13.8. The van der Waals surface area contributed by atoms with Gasteiger partial charge in [-0.05, 0) is 72.2 Å². The maximum Gasteiger partial charge on any atom is 0.235 e. The van der Waals surface area contributed by atoms with Gasteiger partial charge in [0.15, 0.2) is 34.7 Å². The van der Waals surface area contributed by atoms with Crippen LogP contribution in [0.25, 0.3) is 0 Å². The Hall–Kier alpha value is -3.15. The Morgan fingerprint density at radius 1 is 1.20 bits per heavy atom. The lowest BCUT2D eigenvalue weighted by atomic mass is 9.52. The number of carbonyl (C=O) groups is 5. The predicted molar refractivity (Wildman–Crippen MR) is 142 cm³/mol. The molecule has 216 valence electrons. The summed E-state index contributed by atoms with van der Waals surface area (Å²) in [6.07, 6.45) is 2.00. The number of fused-ring (bicyclic) bond motifs is 3. The second-order valence-electron chi connectivity index (χ2n) is 12.2. The quantitative estimate of drug-likeness (QED) is 0.433. The van der Waals surface area contributed by atoms with Gasteiger partial charge in [-0.2, -0.15) is 0 Å². The number of phenolic OH excluding ortho intramolecular Hbond substituents is 1. The third-order valence-electron chi connectivity index (χ3n) is 9.56. The van der Waals surface area contributed by atoms with Crippen LogP contribution >= 0.6 is 0 Å². The summed E-state index contributed by atoms with van der Waals surface area (Å²) >= 11 is 0. The van der Waals surface area contributed by atoms with Crippen LogP contribution in [0.1, 0.15) is 60.6 Å². The summed E-state index contributed by atoms with van der Waals surface area (Å²) in [4.78, 5) is 70.4. The molecule has 2 saturated carbocycles. The number of nitrogens with two attached hydrogens (primary N) is 1. The van der Waals surface area contributed by atoms with E-state index in [1.807, 2.05) is 0 Å². The second kappa shape index (κ2) is 9.74. The first kappa shape index (κ1) is 28.4. The smallest absolute Gasteiger partial charge is 0.235 e. The van der Waals surface area contributed by atoms with Gasteiger partial charge in [-0.3, -0.25) is 33.8 Å². The molecular weight excluding hydrogens is 518 g/mol. The predicted octanol–water partition coefficient (Wildman–Crippen LogP) is 0.421. The number of primary amides is 1. The summed E-state index contributed by atoms with van der Waals surface area (Å²) in [6.45, 7) is 5.09. The Balaban J connectivity index is 1.63. The van der Waals surface area contributed by atoms with E-state index in [-0.39, 0.29) is 36.2 Å². The minimum Gasteiger partial charge on any atom is -0.507 e. The molecule has 1 aromatic carbocycles. The number of benzene rings is 1. The number of methoxy groups -OCH3 is 1. The highest BCUT2D eigenvalue weighted by molar-refractivity contribution is 6.32. The first-order chi connectivity index (χ1) is 18.8. The van der Waals surface area contributed by atoms with Crippen molar-refractivity contribution in [3.05, 3.63) is 22.8 Å². The van der Waals surface area contributed by atoms with Gasteiger partial charge in [0.05, 0.1) is 24.6 Å². The van der Waals surface area contributed by atoms with E-state index < -0.39 is 64.4 Å². The molecule has 1 saturated heterocycles. The highest BCUT2D eigenvalue weighted by Gasteiger charge is 2.69.